The summed E-state index contributed by atoms with van der Waals surface area (Å²) in [5.41, 5.74) is -2.95. The molecule has 300 valence electrons. The predicted octanol–water partition coefficient (Wildman–Crippen LogP) is -1.13. The summed E-state index contributed by atoms with van der Waals surface area (Å²) in [6.45, 7) is 2.82. The second-order valence-corrected chi connectivity index (χ2v) is 13.5. The monoisotopic (exact) mass is 784 g/mol. The molecule has 0 aliphatic carbocycles. The van der Waals surface area contributed by atoms with Gasteiger partial charge in [-0.25, -0.2) is 4.79 Å². The minimum atomic E-state index is -5.00. The second-order valence-electron chi connectivity index (χ2n) is 12.2. The molecule has 2 rings (SSSR count). The van der Waals surface area contributed by atoms with Crippen LogP contribution in [0.2, 0.25) is 0 Å². The zero-order valence-corrected chi connectivity index (χ0v) is 30.2. The van der Waals surface area contributed by atoms with Crippen molar-refractivity contribution >= 4 is 39.7 Å². The highest BCUT2D eigenvalue weighted by Gasteiger charge is 2.40. The number of aromatic hydroxyl groups is 4. The van der Waals surface area contributed by atoms with Crippen LogP contribution in [0.4, 0.5) is 0 Å². The lowest BCUT2D eigenvalue weighted by molar-refractivity contribution is -0.164. The molecule has 54 heavy (non-hydrogen) atoms. The molecule has 21 heteroatoms. The van der Waals surface area contributed by atoms with Crippen LogP contribution < -0.4 is 31.9 Å². The van der Waals surface area contributed by atoms with E-state index in [1.807, 2.05) is 0 Å². The maximum atomic E-state index is 12.3. The molecule has 0 saturated heterocycles. The molecule has 0 spiro atoms. The van der Waals surface area contributed by atoms with Gasteiger partial charge in [0.25, 0.3) is 21.9 Å². The number of carbonyl (C=O) groups excluding carboxylic acids is 4. The molecule has 0 heterocycles. The Labute approximate surface area is 311 Å². The van der Waals surface area contributed by atoms with E-state index in [9.17, 15) is 67.6 Å². The number of unbranched alkanes of at least 4 members (excludes halogenated alkanes) is 1. The summed E-state index contributed by atoms with van der Waals surface area (Å²) in [6, 6.07) is 5.60. The normalized spacial score (nSPS) is 12.3. The van der Waals surface area contributed by atoms with Gasteiger partial charge in [0, 0.05) is 31.7 Å². The quantitative estimate of drug-likeness (QED) is 0.0322. The van der Waals surface area contributed by atoms with Gasteiger partial charge in [-0.2, -0.15) is 8.42 Å². The van der Waals surface area contributed by atoms with E-state index in [1.165, 1.54) is 12.1 Å². The van der Waals surface area contributed by atoms with Crippen LogP contribution in [0, 0.1) is 0 Å². The van der Waals surface area contributed by atoms with Crippen molar-refractivity contribution in [2.45, 2.75) is 55.4 Å². The van der Waals surface area contributed by atoms with Crippen molar-refractivity contribution in [1.82, 2.24) is 31.9 Å². The molecule has 20 nitrogen and oxygen atoms in total. The smallest absolute Gasteiger partial charge is 0.336 e. The van der Waals surface area contributed by atoms with Crippen molar-refractivity contribution in [3.05, 3.63) is 41.5 Å². The fourth-order valence-corrected chi connectivity index (χ4v) is 5.64. The van der Waals surface area contributed by atoms with Gasteiger partial charge in [0.2, 0.25) is 11.8 Å². The van der Waals surface area contributed by atoms with Crippen molar-refractivity contribution in [3.63, 3.8) is 0 Å². The molecule has 0 aliphatic heterocycles. The second kappa shape index (κ2) is 22.1. The Hall–Kier alpha value is -5.22. The van der Waals surface area contributed by atoms with E-state index in [0.29, 0.717) is 64.8 Å². The third-order valence-corrected chi connectivity index (χ3v) is 8.67. The number of phenolic OH excluding ortho intramolecular Hbond substituents is 4. The average molecular weight is 785 g/mol. The van der Waals surface area contributed by atoms with Gasteiger partial charge in [0.15, 0.2) is 33.5 Å². The highest BCUT2D eigenvalue weighted by atomic mass is 32.2. The van der Waals surface area contributed by atoms with Gasteiger partial charge < -0.3 is 62.5 Å². The highest BCUT2D eigenvalue weighted by molar-refractivity contribution is 7.86. The van der Waals surface area contributed by atoms with Crippen LogP contribution in [-0.2, 0) is 24.5 Å². The van der Waals surface area contributed by atoms with Gasteiger partial charge in [-0.1, -0.05) is 0 Å². The summed E-state index contributed by atoms with van der Waals surface area (Å²) in [7, 11) is -5.00. The molecule has 0 bridgehead atoms. The third-order valence-electron chi connectivity index (χ3n) is 7.74. The van der Waals surface area contributed by atoms with Crippen molar-refractivity contribution in [3.8, 4) is 23.0 Å². The molecule has 0 fully saturated rings. The Kier molecular flexibility index (Phi) is 18.4. The zero-order valence-electron chi connectivity index (χ0n) is 29.4. The van der Waals surface area contributed by atoms with E-state index in [4.69, 9.17) is 0 Å². The summed E-state index contributed by atoms with van der Waals surface area (Å²) >= 11 is 0. The molecular weight excluding hydrogens is 736 g/mol. The zero-order chi connectivity index (χ0) is 40.3. The number of amides is 4. The number of hydrogen-bond donors (Lipinski definition) is 13. The lowest BCUT2D eigenvalue weighted by Gasteiger charge is -2.22. The van der Waals surface area contributed by atoms with Crippen LogP contribution in [-0.4, -0.2) is 131 Å². The standard InChI is InChI=1S/C33H48N6O14S/c40-23-8-6-21(18-25(23)42)30(46)38-16-4-13-35-11-3-15-37-27(44)20-33(50,32(48)49)19-26(43)36-14-2-1-10-34-12-5-17-39-31(47)22-7-9-24(41)28(45)29(22)54(51,52)53/h6-9,18,34-35,40-42,45,50H,1-5,10-17,19-20H2,(H,36,43)(H,37,44)(H,38,46)(H,39,47)(H,48,49)(H,51,52,53)/t33-/m1/s1. The average Bonchev–Trinajstić information content (AvgIpc) is 3.09. The molecule has 13 N–H and O–H groups in total. The number of carbonyl (C=O) groups is 5. The first kappa shape index (κ1) is 44.9. The molecule has 2 aromatic carbocycles. The maximum Gasteiger partial charge on any atom is 0.336 e. The predicted molar refractivity (Wildman–Crippen MR) is 191 cm³/mol. The van der Waals surface area contributed by atoms with Gasteiger partial charge in [-0.15, -0.1) is 0 Å². The molecule has 0 aromatic heterocycles. The molecule has 0 unspecified atom stereocenters. The van der Waals surface area contributed by atoms with Gasteiger partial charge in [-0.3, -0.25) is 23.7 Å². The number of hydrogen-bond acceptors (Lipinski definition) is 14. The molecule has 0 saturated carbocycles. The van der Waals surface area contributed by atoms with E-state index in [0.717, 1.165) is 18.2 Å². The number of aliphatic hydroxyl groups is 1. The fraction of sp³-hybridized carbons (Fsp3) is 0.485. The Morgan fingerprint density at radius 2 is 1.06 bits per heavy atom. The van der Waals surface area contributed by atoms with Gasteiger partial charge >= 0.3 is 5.97 Å². The molecule has 2 aromatic rings. The number of rotatable bonds is 25. The van der Waals surface area contributed by atoms with Gasteiger partial charge in [-0.05, 0) is 88.6 Å². The summed E-state index contributed by atoms with van der Waals surface area (Å²) < 4.78 is 32.4. The van der Waals surface area contributed by atoms with Crippen molar-refractivity contribution in [1.29, 1.82) is 0 Å². The SMILES string of the molecule is O=C(C[C@@](O)(CC(=O)NCCCNCCCNC(=O)c1ccc(O)c(O)c1)C(=O)O)NCCCCNCCCNC(=O)c1ccc(O)c(O)c1S(=O)(=O)O. The number of carboxylic acids is 1. The number of carboxylic acid groups (broad SMARTS) is 1. The first-order chi connectivity index (χ1) is 25.5. The lowest BCUT2D eigenvalue weighted by atomic mass is 9.94. The van der Waals surface area contributed by atoms with Crippen LogP contribution in [0.25, 0.3) is 0 Å². The van der Waals surface area contributed by atoms with Gasteiger partial charge in [0.1, 0.15) is 0 Å². The van der Waals surface area contributed by atoms with E-state index in [2.05, 4.69) is 31.9 Å². The van der Waals surface area contributed by atoms with E-state index in [1.54, 1.807) is 0 Å². The minimum absolute atomic E-state index is 0.110. The Balaban J connectivity index is 1.53. The van der Waals surface area contributed by atoms with Crippen LogP contribution in [0.15, 0.2) is 35.2 Å². The number of benzene rings is 2. The van der Waals surface area contributed by atoms with Crippen LogP contribution in [0.5, 0.6) is 23.0 Å². The Bertz CT molecular complexity index is 1730. The number of phenols is 4. The van der Waals surface area contributed by atoms with Crippen molar-refractivity contribution in [2.75, 3.05) is 52.4 Å². The minimum Gasteiger partial charge on any atom is -0.504 e. The summed E-state index contributed by atoms with van der Waals surface area (Å²) in [5.74, 6) is -7.21. The number of aliphatic carboxylic acids is 1. The Morgan fingerprint density at radius 3 is 1.57 bits per heavy atom. The van der Waals surface area contributed by atoms with Crippen molar-refractivity contribution < 1.29 is 67.6 Å². The molecule has 4 amide bonds. The number of nitrogens with one attached hydrogen (secondary N) is 6. The Morgan fingerprint density at radius 1 is 0.593 bits per heavy atom. The first-order valence-corrected chi connectivity index (χ1v) is 18.4. The van der Waals surface area contributed by atoms with Crippen LogP contribution in [0.3, 0.4) is 0 Å². The molecule has 0 aliphatic rings. The van der Waals surface area contributed by atoms with E-state index < -0.39 is 85.9 Å². The van der Waals surface area contributed by atoms with Crippen LogP contribution >= 0.6 is 0 Å². The molecule has 0 radical (unpaired) electrons. The summed E-state index contributed by atoms with van der Waals surface area (Å²) in [5, 5.41) is 74.4. The van der Waals surface area contributed by atoms with Crippen molar-refractivity contribution in [2.24, 2.45) is 0 Å². The van der Waals surface area contributed by atoms with Crippen LogP contribution in [0.1, 0.15) is 65.7 Å². The fourth-order valence-electron chi connectivity index (χ4n) is 4.86. The van der Waals surface area contributed by atoms with E-state index in [-0.39, 0.29) is 30.9 Å². The van der Waals surface area contributed by atoms with Gasteiger partial charge in [0.05, 0.1) is 18.4 Å². The first-order valence-electron chi connectivity index (χ1n) is 17.0. The topological polar surface area (TPSA) is 333 Å². The lowest BCUT2D eigenvalue weighted by Crippen LogP contribution is -2.47. The largest absolute Gasteiger partial charge is 0.504 e. The molecular formula is C33H48N6O14S. The summed E-state index contributed by atoms with van der Waals surface area (Å²) in [6.07, 6.45) is 0.927. The molecule has 1 atom stereocenters. The third kappa shape index (κ3) is 15.4. The highest BCUT2D eigenvalue weighted by Crippen LogP contribution is 2.34. The van der Waals surface area contributed by atoms with E-state index >= 15 is 0 Å². The maximum absolute atomic E-state index is 12.3. The summed E-state index contributed by atoms with van der Waals surface area (Å²) in [4.78, 5) is 59.6.